The Hall–Kier alpha value is -1.52. The van der Waals surface area contributed by atoms with Gasteiger partial charge < -0.3 is 9.64 Å². The lowest BCUT2D eigenvalue weighted by Crippen LogP contribution is -2.07. The number of hydrogen-bond acceptors (Lipinski definition) is 4. The SMILES string of the molecule is CC1=CC(=C(S)S)C=C(C=Cc2ccc(N(C)C)cc2)O1. The molecule has 1 aromatic rings. The maximum atomic E-state index is 5.68. The lowest BCUT2D eigenvalue weighted by Gasteiger charge is -2.14. The number of nitrogens with zero attached hydrogens (tertiary/aromatic N) is 1. The zero-order valence-electron chi connectivity index (χ0n) is 12.4. The van der Waals surface area contributed by atoms with Gasteiger partial charge >= 0.3 is 0 Å². The number of benzene rings is 1. The molecule has 0 saturated carbocycles. The third-order valence-corrected chi connectivity index (χ3v) is 3.56. The molecule has 110 valence electrons. The predicted molar refractivity (Wildman–Crippen MR) is 97.7 cm³/mol. The van der Waals surface area contributed by atoms with Gasteiger partial charge in [-0.25, -0.2) is 0 Å². The highest BCUT2D eigenvalue weighted by Crippen LogP contribution is 2.25. The first-order valence-corrected chi connectivity index (χ1v) is 7.50. The van der Waals surface area contributed by atoms with Crippen LogP contribution >= 0.6 is 25.3 Å². The fraction of sp³-hybridized carbons (Fsp3) is 0.176. The summed E-state index contributed by atoms with van der Waals surface area (Å²) in [6.07, 6.45) is 7.81. The molecule has 1 heterocycles. The van der Waals surface area contributed by atoms with Gasteiger partial charge in [-0.2, -0.15) is 0 Å². The van der Waals surface area contributed by atoms with Crippen molar-refractivity contribution in [3.63, 3.8) is 0 Å². The molecule has 0 fully saturated rings. The van der Waals surface area contributed by atoms with Crippen molar-refractivity contribution in [3.05, 3.63) is 69.4 Å². The normalized spacial score (nSPS) is 14.6. The van der Waals surface area contributed by atoms with Crippen molar-refractivity contribution in [2.24, 2.45) is 0 Å². The molecule has 2 nitrogen and oxygen atoms in total. The summed E-state index contributed by atoms with van der Waals surface area (Å²) in [6, 6.07) is 8.34. The van der Waals surface area contributed by atoms with E-state index >= 15 is 0 Å². The average molecular weight is 317 g/mol. The van der Waals surface area contributed by atoms with Crippen LogP contribution in [0.3, 0.4) is 0 Å². The minimum atomic E-state index is 0.680. The molecule has 21 heavy (non-hydrogen) atoms. The van der Waals surface area contributed by atoms with Crippen molar-refractivity contribution in [2.45, 2.75) is 6.92 Å². The summed E-state index contributed by atoms with van der Waals surface area (Å²) < 4.78 is 6.36. The van der Waals surface area contributed by atoms with Gasteiger partial charge in [0.2, 0.25) is 0 Å². The van der Waals surface area contributed by atoms with Crippen LogP contribution in [-0.2, 0) is 4.74 Å². The Balaban J connectivity index is 2.16. The maximum Gasteiger partial charge on any atom is 0.127 e. The van der Waals surface area contributed by atoms with E-state index in [9.17, 15) is 0 Å². The second-order valence-electron chi connectivity index (χ2n) is 5.00. The van der Waals surface area contributed by atoms with Crippen molar-refractivity contribution >= 4 is 37.0 Å². The van der Waals surface area contributed by atoms with Gasteiger partial charge in [-0.1, -0.05) is 18.2 Å². The third kappa shape index (κ3) is 4.48. The monoisotopic (exact) mass is 317 g/mol. The van der Waals surface area contributed by atoms with Crippen LogP contribution in [0.2, 0.25) is 0 Å². The topological polar surface area (TPSA) is 12.5 Å². The molecule has 0 atom stereocenters. The van der Waals surface area contributed by atoms with E-state index in [0.29, 0.717) is 4.24 Å². The van der Waals surface area contributed by atoms with Gasteiger partial charge in [-0.3, -0.25) is 0 Å². The summed E-state index contributed by atoms with van der Waals surface area (Å²) in [5.74, 6) is 1.61. The molecule has 1 aromatic carbocycles. The lowest BCUT2D eigenvalue weighted by atomic mass is 10.1. The highest BCUT2D eigenvalue weighted by atomic mass is 32.2. The molecular weight excluding hydrogens is 298 g/mol. The highest BCUT2D eigenvalue weighted by molar-refractivity contribution is 8.05. The maximum absolute atomic E-state index is 5.68. The van der Waals surface area contributed by atoms with Crippen LogP contribution in [0.25, 0.3) is 6.08 Å². The fourth-order valence-corrected chi connectivity index (χ4v) is 2.19. The molecule has 0 saturated heterocycles. The zero-order chi connectivity index (χ0) is 15.4. The Morgan fingerprint density at radius 1 is 1.05 bits per heavy atom. The van der Waals surface area contributed by atoms with E-state index in [0.717, 1.165) is 22.7 Å². The number of anilines is 1. The summed E-state index contributed by atoms with van der Waals surface area (Å²) >= 11 is 8.52. The van der Waals surface area contributed by atoms with Crippen molar-refractivity contribution in [3.8, 4) is 0 Å². The molecule has 0 spiro atoms. The van der Waals surface area contributed by atoms with E-state index in [1.165, 1.54) is 5.69 Å². The smallest absolute Gasteiger partial charge is 0.127 e. The van der Waals surface area contributed by atoms with E-state index in [2.05, 4.69) is 54.4 Å². The first kappa shape index (κ1) is 15.9. The van der Waals surface area contributed by atoms with Gasteiger partial charge in [0.05, 0.1) is 0 Å². The first-order valence-electron chi connectivity index (χ1n) is 6.61. The van der Waals surface area contributed by atoms with E-state index in [-0.39, 0.29) is 0 Å². The van der Waals surface area contributed by atoms with Gasteiger partial charge in [0.15, 0.2) is 0 Å². The lowest BCUT2D eigenvalue weighted by molar-refractivity contribution is 0.318. The summed E-state index contributed by atoms with van der Waals surface area (Å²) in [6.45, 7) is 1.91. The number of ether oxygens (including phenoxy) is 1. The van der Waals surface area contributed by atoms with Crippen molar-refractivity contribution < 1.29 is 4.74 Å². The Morgan fingerprint density at radius 3 is 2.29 bits per heavy atom. The molecule has 0 unspecified atom stereocenters. The fourth-order valence-electron chi connectivity index (χ4n) is 1.93. The molecule has 0 aromatic heterocycles. The molecule has 0 bridgehead atoms. The zero-order valence-corrected chi connectivity index (χ0v) is 14.2. The van der Waals surface area contributed by atoms with Crippen LogP contribution in [0.1, 0.15) is 12.5 Å². The van der Waals surface area contributed by atoms with Crippen LogP contribution in [0.15, 0.2) is 63.8 Å². The number of allylic oxidation sites excluding steroid dienone is 5. The third-order valence-electron chi connectivity index (χ3n) is 3.04. The molecule has 1 aliphatic rings. The van der Waals surface area contributed by atoms with E-state index in [1.807, 2.05) is 45.3 Å². The molecule has 0 aliphatic carbocycles. The predicted octanol–water partition coefficient (Wildman–Crippen LogP) is 4.65. The van der Waals surface area contributed by atoms with Crippen molar-refractivity contribution in [2.75, 3.05) is 19.0 Å². The van der Waals surface area contributed by atoms with Gasteiger partial charge in [0.25, 0.3) is 0 Å². The Kier molecular flexibility index (Phi) is 5.26. The molecule has 0 radical (unpaired) electrons. The quantitative estimate of drug-likeness (QED) is 0.787. The Morgan fingerprint density at radius 2 is 1.71 bits per heavy atom. The van der Waals surface area contributed by atoms with Gasteiger partial charge in [0.1, 0.15) is 11.5 Å². The van der Waals surface area contributed by atoms with Crippen molar-refractivity contribution in [1.82, 2.24) is 0 Å². The second-order valence-corrected chi connectivity index (χ2v) is 6.25. The summed E-state index contributed by atoms with van der Waals surface area (Å²) in [5, 5.41) is 0. The largest absolute Gasteiger partial charge is 0.462 e. The summed E-state index contributed by atoms with van der Waals surface area (Å²) in [7, 11) is 4.06. The van der Waals surface area contributed by atoms with Crippen LogP contribution < -0.4 is 4.90 Å². The Labute approximate surface area is 137 Å². The number of thiol groups is 2. The Bertz CT molecular complexity index is 633. The van der Waals surface area contributed by atoms with Crippen LogP contribution in [0.5, 0.6) is 0 Å². The van der Waals surface area contributed by atoms with E-state index in [1.54, 1.807) is 0 Å². The van der Waals surface area contributed by atoms with E-state index in [4.69, 9.17) is 4.74 Å². The van der Waals surface area contributed by atoms with Gasteiger partial charge in [0, 0.05) is 29.6 Å². The molecule has 0 amide bonds. The van der Waals surface area contributed by atoms with Gasteiger partial charge in [-0.05, 0) is 42.8 Å². The molecule has 1 aliphatic heterocycles. The van der Waals surface area contributed by atoms with Crippen LogP contribution in [0, 0.1) is 0 Å². The minimum Gasteiger partial charge on any atom is -0.462 e. The highest BCUT2D eigenvalue weighted by Gasteiger charge is 2.07. The van der Waals surface area contributed by atoms with E-state index < -0.39 is 0 Å². The standard InChI is InChI=1S/C17H19NOS2/c1-12-10-14(17(20)21)11-16(19-12)9-6-13-4-7-15(8-5-13)18(2)3/h4-11,20-21H,1-3H3. The number of hydrogen-bond donors (Lipinski definition) is 2. The first-order chi connectivity index (χ1) is 9.95. The molecular formula is C17H19NOS2. The van der Waals surface area contributed by atoms with Gasteiger partial charge in [-0.15, -0.1) is 25.3 Å². The molecule has 4 heteroatoms. The average Bonchev–Trinajstić information content (AvgIpc) is 2.45. The van der Waals surface area contributed by atoms with Crippen molar-refractivity contribution in [1.29, 1.82) is 0 Å². The molecule has 0 N–H and O–H groups in total. The minimum absolute atomic E-state index is 0.680. The summed E-state index contributed by atoms with van der Waals surface area (Å²) in [5.41, 5.74) is 3.26. The second kappa shape index (κ2) is 6.96. The van der Waals surface area contributed by atoms with Crippen LogP contribution in [0.4, 0.5) is 5.69 Å². The number of rotatable bonds is 3. The van der Waals surface area contributed by atoms with Crippen LogP contribution in [-0.4, -0.2) is 14.1 Å². The summed E-state index contributed by atoms with van der Waals surface area (Å²) in [4.78, 5) is 2.08. The molecule has 2 rings (SSSR count).